The van der Waals surface area contributed by atoms with Gasteiger partial charge in [0, 0.05) is 11.3 Å². The van der Waals surface area contributed by atoms with E-state index in [1.807, 2.05) is 91.0 Å². The molecule has 4 aromatic rings. The Morgan fingerprint density at radius 3 is 2.00 bits per heavy atom. The second-order valence-electron chi connectivity index (χ2n) is 9.15. The third-order valence-electron chi connectivity index (χ3n) is 7.88. The van der Waals surface area contributed by atoms with Crippen LogP contribution in [0.5, 0.6) is 0 Å². The van der Waals surface area contributed by atoms with E-state index in [0.29, 0.717) is 5.69 Å². The van der Waals surface area contributed by atoms with Gasteiger partial charge in [-0.3, -0.25) is 9.59 Å². The van der Waals surface area contributed by atoms with E-state index in [0.717, 1.165) is 39.3 Å². The number of fused-ring (bicyclic) bond motifs is 1. The number of rotatable bonds is 2. The quantitative estimate of drug-likeness (QED) is 0.346. The largest absolute Gasteiger partial charge is 0.302 e. The third kappa shape index (κ3) is 2.04. The molecule has 33 heavy (non-hydrogen) atoms. The highest BCUT2D eigenvalue weighted by atomic mass is 16.2. The molecule has 4 aliphatic rings. The molecular formula is C29H19NO3. The molecule has 0 spiro atoms. The summed E-state index contributed by atoms with van der Waals surface area (Å²) in [5, 5.41) is 1.81. The zero-order valence-electron chi connectivity index (χ0n) is 17.6. The van der Waals surface area contributed by atoms with Crippen LogP contribution in [0.1, 0.15) is 28.2 Å². The summed E-state index contributed by atoms with van der Waals surface area (Å²) in [5.41, 5.74) is 3.08. The minimum atomic E-state index is -1.17. The maximum atomic E-state index is 14.1. The molecule has 2 amide bonds. The van der Waals surface area contributed by atoms with Gasteiger partial charge in [0.15, 0.2) is 0 Å². The summed E-state index contributed by atoms with van der Waals surface area (Å²) < 4.78 is 0. The van der Waals surface area contributed by atoms with Crippen molar-refractivity contribution in [1.82, 2.24) is 0 Å². The molecule has 2 bridgehead atoms. The van der Waals surface area contributed by atoms with E-state index in [4.69, 9.17) is 0 Å². The fourth-order valence-corrected chi connectivity index (χ4v) is 6.67. The summed E-state index contributed by atoms with van der Waals surface area (Å²) in [6, 6.07) is 29.0. The van der Waals surface area contributed by atoms with E-state index >= 15 is 0 Å². The third-order valence-corrected chi connectivity index (χ3v) is 7.88. The van der Waals surface area contributed by atoms with Crippen molar-refractivity contribution in [3.05, 3.63) is 113 Å². The van der Waals surface area contributed by atoms with Gasteiger partial charge in [-0.2, -0.15) is 0 Å². The van der Waals surface area contributed by atoms with Crippen LogP contribution in [0.25, 0.3) is 10.8 Å². The van der Waals surface area contributed by atoms with Gasteiger partial charge in [0.05, 0.1) is 22.9 Å². The van der Waals surface area contributed by atoms with Crippen molar-refractivity contribution in [1.29, 1.82) is 0 Å². The van der Waals surface area contributed by atoms with Crippen molar-refractivity contribution >= 4 is 34.6 Å². The van der Waals surface area contributed by atoms with Gasteiger partial charge >= 0.3 is 0 Å². The van der Waals surface area contributed by atoms with Crippen LogP contribution in [0.3, 0.4) is 0 Å². The minimum Gasteiger partial charge on any atom is -0.302 e. The number of hydrogen-bond donors (Lipinski definition) is 0. The predicted octanol–water partition coefficient (Wildman–Crippen LogP) is 4.59. The van der Waals surface area contributed by atoms with Gasteiger partial charge in [-0.05, 0) is 33.7 Å². The van der Waals surface area contributed by atoms with Crippen LogP contribution in [-0.2, 0) is 19.8 Å². The summed E-state index contributed by atoms with van der Waals surface area (Å²) in [6.45, 7) is 0. The smallest absolute Gasteiger partial charge is 0.239 e. The molecule has 0 unspecified atom stereocenters. The molecule has 3 aliphatic carbocycles. The van der Waals surface area contributed by atoms with Gasteiger partial charge in [-0.25, -0.2) is 4.90 Å². The molecule has 0 radical (unpaired) electrons. The highest BCUT2D eigenvalue weighted by Gasteiger charge is 2.68. The van der Waals surface area contributed by atoms with Crippen LogP contribution >= 0.6 is 0 Å². The van der Waals surface area contributed by atoms with Crippen molar-refractivity contribution in [3.63, 3.8) is 0 Å². The van der Waals surface area contributed by atoms with E-state index in [-0.39, 0.29) is 17.7 Å². The zero-order valence-corrected chi connectivity index (χ0v) is 17.6. The van der Waals surface area contributed by atoms with Crippen molar-refractivity contribution in [2.24, 2.45) is 11.8 Å². The van der Waals surface area contributed by atoms with E-state index in [9.17, 15) is 14.4 Å². The van der Waals surface area contributed by atoms with Crippen LogP contribution in [0.4, 0.5) is 5.69 Å². The molecule has 1 aliphatic heterocycles. The van der Waals surface area contributed by atoms with E-state index in [1.54, 1.807) is 0 Å². The first-order valence-electron chi connectivity index (χ1n) is 11.2. The number of aldehydes is 1. The Morgan fingerprint density at radius 1 is 0.697 bits per heavy atom. The Hall–Kier alpha value is -4.05. The second kappa shape index (κ2) is 6.26. The van der Waals surface area contributed by atoms with Gasteiger partial charge in [-0.1, -0.05) is 84.9 Å². The molecule has 1 heterocycles. The van der Waals surface area contributed by atoms with Gasteiger partial charge in [0.25, 0.3) is 0 Å². The van der Waals surface area contributed by atoms with Gasteiger partial charge in [0.2, 0.25) is 11.8 Å². The van der Waals surface area contributed by atoms with Gasteiger partial charge in [-0.15, -0.1) is 0 Å². The van der Waals surface area contributed by atoms with Crippen molar-refractivity contribution < 1.29 is 14.4 Å². The van der Waals surface area contributed by atoms with Crippen LogP contribution in [0, 0.1) is 11.8 Å². The topological polar surface area (TPSA) is 54.5 Å². The molecule has 4 heteroatoms. The minimum absolute atomic E-state index is 0.221. The zero-order chi connectivity index (χ0) is 22.3. The number of amides is 2. The first-order valence-corrected chi connectivity index (χ1v) is 11.2. The predicted molar refractivity (Wildman–Crippen MR) is 125 cm³/mol. The normalized spacial score (nSPS) is 26.8. The number of anilines is 1. The highest BCUT2D eigenvalue weighted by molar-refractivity contribution is 6.27. The van der Waals surface area contributed by atoms with Crippen molar-refractivity contribution in [3.8, 4) is 0 Å². The number of nitrogens with zero attached hydrogens (tertiary/aromatic N) is 1. The average molecular weight is 429 g/mol. The lowest BCUT2D eigenvalue weighted by atomic mass is 9.48. The summed E-state index contributed by atoms with van der Waals surface area (Å²) in [6.07, 6.45) is 0.912. The summed E-state index contributed by atoms with van der Waals surface area (Å²) in [7, 11) is 0. The molecule has 1 fully saturated rings. The van der Waals surface area contributed by atoms with Crippen LogP contribution in [0.2, 0.25) is 0 Å². The van der Waals surface area contributed by atoms with E-state index < -0.39 is 17.3 Å². The lowest BCUT2D eigenvalue weighted by molar-refractivity contribution is -0.128. The van der Waals surface area contributed by atoms with Crippen LogP contribution in [0.15, 0.2) is 91.0 Å². The van der Waals surface area contributed by atoms with Crippen molar-refractivity contribution in [2.45, 2.75) is 11.3 Å². The molecule has 158 valence electrons. The Kier molecular flexibility index (Phi) is 3.51. The molecule has 0 saturated carbocycles. The maximum Gasteiger partial charge on any atom is 0.239 e. The van der Waals surface area contributed by atoms with Crippen LogP contribution < -0.4 is 4.90 Å². The Balaban J connectivity index is 1.52. The summed E-state index contributed by atoms with van der Waals surface area (Å²) in [4.78, 5) is 42.5. The highest BCUT2D eigenvalue weighted by Crippen LogP contribution is 2.63. The van der Waals surface area contributed by atoms with E-state index in [1.165, 1.54) is 4.90 Å². The second-order valence-corrected chi connectivity index (χ2v) is 9.15. The molecule has 4 nitrogen and oxygen atoms in total. The Morgan fingerprint density at radius 2 is 1.30 bits per heavy atom. The van der Waals surface area contributed by atoms with Crippen molar-refractivity contribution in [2.75, 3.05) is 4.90 Å². The number of hydrogen-bond acceptors (Lipinski definition) is 3. The lowest BCUT2D eigenvalue weighted by Crippen LogP contribution is -2.54. The first kappa shape index (κ1) is 18.5. The van der Waals surface area contributed by atoms with Gasteiger partial charge < -0.3 is 4.79 Å². The summed E-state index contributed by atoms with van der Waals surface area (Å²) >= 11 is 0. The molecule has 0 N–H and O–H groups in total. The molecule has 2 atom stereocenters. The lowest BCUT2D eigenvalue weighted by Gasteiger charge is -2.51. The standard InChI is InChI=1S/C29H19NO3/c31-16-29-21-13-5-3-11-19(21)24(20-12-4-6-14-22(20)29)25-26(29)28(33)30(27(25)32)23-15-7-9-17-8-1-2-10-18(17)23/h1-16,24-26H/t24?,25-,26+,29?/m1/s1. The molecular weight excluding hydrogens is 410 g/mol. The fraction of sp³-hybridized carbons (Fsp3) is 0.138. The average Bonchev–Trinajstić information content (AvgIpc) is 3.14. The molecule has 0 aromatic heterocycles. The summed E-state index contributed by atoms with van der Waals surface area (Å²) in [5.74, 6) is -2.12. The number of imide groups is 1. The SMILES string of the molecule is O=CC12c3ccccc3C(c3ccccc31)[C@H]1C(=O)N(c3cccc4ccccc34)C(=O)[C@H]12. The fourth-order valence-electron chi connectivity index (χ4n) is 6.67. The first-order chi connectivity index (χ1) is 16.2. The monoisotopic (exact) mass is 429 g/mol. The van der Waals surface area contributed by atoms with Crippen LogP contribution in [-0.4, -0.2) is 18.1 Å². The molecule has 4 aromatic carbocycles. The number of carbonyl (C=O) groups is 3. The van der Waals surface area contributed by atoms with E-state index in [2.05, 4.69) is 0 Å². The van der Waals surface area contributed by atoms with Gasteiger partial charge in [0.1, 0.15) is 6.29 Å². The number of carbonyl (C=O) groups excluding carboxylic acids is 3. The molecule has 8 rings (SSSR count). The molecule has 1 saturated heterocycles. The number of benzene rings is 4. The Labute approximate surface area is 190 Å². The Bertz CT molecular complexity index is 1470. The maximum absolute atomic E-state index is 14.1.